The van der Waals surface area contributed by atoms with Gasteiger partial charge in [-0.3, -0.25) is 9.59 Å². The van der Waals surface area contributed by atoms with E-state index >= 15 is 0 Å². The van der Waals surface area contributed by atoms with Gasteiger partial charge in [0.25, 0.3) is 0 Å². The van der Waals surface area contributed by atoms with Crippen molar-refractivity contribution in [1.82, 2.24) is 5.32 Å². The molecule has 0 aliphatic carbocycles. The minimum Gasteiger partial charge on any atom is -0.423 e. The van der Waals surface area contributed by atoms with Gasteiger partial charge >= 0.3 is 11.9 Å². The molecule has 6 nitrogen and oxygen atoms in total. The lowest BCUT2D eigenvalue weighted by Crippen LogP contribution is -2.28. The predicted molar refractivity (Wildman–Crippen MR) is 121 cm³/mol. The summed E-state index contributed by atoms with van der Waals surface area (Å²) in [4.78, 5) is 24.6. The van der Waals surface area contributed by atoms with Gasteiger partial charge in [-0.1, -0.05) is 61.0 Å². The molecule has 1 atom stereocenters. The summed E-state index contributed by atoms with van der Waals surface area (Å²) in [6, 6.07) is 5.05. The number of rotatable bonds is 11. The lowest BCUT2D eigenvalue weighted by molar-refractivity contribution is -0.138. The van der Waals surface area contributed by atoms with Crippen LogP contribution in [0.5, 0.6) is 11.5 Å². The monoisotopic (exact) mass is 443 g/mol. The first-order valence-corrected chi connectivity index (χ1v) is 10.4. The zero-order valence-electron chi connectivity index (χ0n) is 19.3. The molecular weight excluding hydrogens is 406 g/mol. The molecule has 0 aliphatic rings. The van der Waals surface area contributed by atoms with E-state index in [1.54, 1.807) is 18.2 Å². The van der Waals surface area contributed by atoms with Gasteiger partial charge in [-0.25, -0.2) is 0 Å². The second-order valence-corrected chi connectivity index (χ2v) is 9.03. The van der Waals surface area contributed by atoms with Gasteiger partial charge in [0.05, 0.1) is 12.5 Å². The largest absolute Gasteiger partial charge is 0.423 e. The zero-order chi connectivity index (χ0) is 22.2. The fourth-order valence-corrected chi connectivity index (χ4v) is 2.53. The van der Waals surface area contributed by atoms with Crippen LogP contribution in [-0.2, 0) is 9.59 Å². The first-order chi connectivity index (χ1) is 13.4. The lowest BCUT2D eigenvalue weighted by Gasteiger charge is -2.22. The Hall–Kier alpha value is -1.63. The maximum Gasteiger partial charge on any atom is 0.311 e. The molecule has 0 aliphatic heterocycles. The number of carbonyl (C=O) groups is 2. The van der Waals surface area contributed by atoms with E-state index in [-0.39, 0.29) is 60.1 Å². The Kier molecular flexibility index (Phi) is 12.2. The average Bonchev–Trinajstić information content (AvgIpc) is 2.59. The topological polar surface area (TPSA) is 84.9 Å². The van der Waals surface area contributed by atoms with Crippen molar-refractivity contribution in [1.29, 1.82) is 0 Å². The van der Waals surface area contributed by atoms with Gasteiger partial charge in [-0.15, -0.1) is 12.4 Å². The molecule has 0 saturated heterocycles. The summed E-state index contributed by atoms with van der Waals surface area (Å²) in [7, 11) is 0. The number of carbonyl (C=O) groups excluding carboxylic acids is 2. The Labute approximate surface area is 187 Å². The molecular formula is C23H38ClNO5. The van der Waals surface area contributed by atoms with Crippen molar-refractivity contribution in [2.24, 2.45) is 11.3 Å². The van der Waals surface area contributed by atoms with Gasteiger partial charge in [0, 0.05) is 19.0 Å². The first kappa shape index (κ1) is 28.4. The van der Waals surface area contributed by atoms with Crippen LogP contribution in [0.15, 0.2) is 18.2 Å². The molecule has 1 aromatic rings. The van der Waals surface area contributed by atoms with Crippen LogP contribution < -0.4 is 14.8 Å². The smallest absolute Gasteiger partial charge is 0.311 e. The lowest BCUT2D eigenvalue weighted by atomic mass is 9.87. The number of hydrogen-bond acceptors (Lipinski definition) is 6. The van der Waals surface area contributed by atoms with Crippen molar-refractivity contribution in [2.45, 2.75) is 79.9 Å². The summed E-state index contributed by atoms with van der Waals surface area (Å²) in [6.07, 6.45) is 0.559. The fourth-order valence-electron chi connectivity index (χ4n) is 2.53. The molecule has 0 saturated carbocycles. The number of nitrogens with one attached hydrogen (secondary N) is 1. The maximum atomic E-state index is 12.5. The number of halogens is 1. The van der Waals surface area contributed by atoms with Crippen LogP contribution in [-0.4, -0.2) is 29.6 Å². The highest BCUT2D eigenvalue weighted by molar-refractivity contribution is 5.85. The maximum absolute atomic E-state index is 12.5. The second kappa shape index (κ2) is 12.9. The molecule has 1 unspecified atom stereocenters. The zero-order valence-corrected chi connectivity index (χ0v) is 20.1. The summed E-state index contributed by atoms with van der Waals surface area (Å²) in [5, 5.41) is 13.6. The van der Waals surface area contributed by atoms with Gasteiger partial charge in [0.15, 0.2) is 11.5 Å². The minimum atomic E-state index is -0.776. The van der Waals surface area contributed by atoms with E-state index in [4.69, 9.17) is 9.47 Å². The molecule has 0 heterocycles. The molecule has 0 bridgehead atoms. The Morgan fingerprint density at radius 1 is 1.07 bits per heavy atom. The van der Waals surface area contributed by atoms with Crippen LogP contribution in [0.2, 0.25) is 0 Å². The van der Waals surface area contributed by atoms with Crippen LogP contribution in [0, 0.1) is 11.3 Å². The van der Waals surface area contributed by atoms with Crippen LogP contribution >= 0.6 is 12.4 Å². The third kappa shape index (κ3) is 10.4. The van der Waals surface area contributed by atoms with E-state index in [1.807, 2.05) is 48.5 Å². The van der Waals surface area contributed by atoms with Gasteiger partial charge in [0.1, 0.15) is 0 Å². The molecule has 2 N–H and O–H groups in total. The van der Waals surface area contributed by atoms with E-state index in [0.29, 0.717) is 12.1 Å². The van der Waals surface area contributed by atoms with E-state index in [9.17, 15) is 14.7 Å². The van der Waals surface area contributed by atoms with Crippen LogP contribution in [0.25, 0.3) is 0 Å². The van der Waals surface area contributed by atoms with Crippen LogP contribution in [0.1, 0.15) is 79.4 Å². The standard InChI is InChI=1S/C23H37NO5.ClH/c1-8-23(6,7)13-22(27)29-20-12-17(18(25)14-24-16(4)5)9-10-19(20)28-21(26)11-15(2)3;/h9-10,12,15-16,18,24-25H,8,11,13-14H2,1-7H3;1H. The minimum absolute atomic E-state index is 0. The molecule has 0 aromatic heterocycles. The van der Waals surface area contributed by atoms with Crippen LogP contribution in [0.3, 0.4) is 0 Å². The molecule has 0 amide bonds. The number of benzene rings is 1. The second-order valence-electron chi connectivity index (χ2n) is 9.03. The molecule has 30 heavy (non-hydrogen) atoms. The summed E-state index contributed by atoms with van der Waals surface area (Å²) < 4.78 is 11.0. The van der Waals surface area contributed by atoms with E-state index in [0.717, 1.165) is 6.42 Å². The number of aliphatic hydroxyl groups is 1. The molecule has 1 rings (SSSR count). The van der Waals surface area contributed by atoms with E-state index < -0.39 is 12.1 Å². The van der Waals surface area contributed by atoms with Crippen molar-refractivity contribution >= 4 is 24.3 Å². The highest BCUT2D eigenvalue weighted by atomic mass is 35.5. The van der Waals surface area contributed by atoms with Crippen molar-refractivity contribution < 1.29 is 24.2 Å². The van der Waals surface area contributed by atoms with Crippen LogP contribution in [0.4, 0.5) is 0 Å². The summed E-state index contributed by atoms with van der Waals surface area (Å²) in [6.45, 7) is 14.2. The summed E-state index contributed by atoms with van der Waals surface area (Å²) >= 11 is 0. The average molecular weight is 444 g/mol. The van der Waals surface area contributed by atoms with Crippen molar-refractivity contribution in [3.63, 3.8) is 0 Å². The third-order valence-electron chi connectivity index (χ3n) is 4.67. The number of hydrogen-bond donors (Lipinski definition) is 2. The van der Waals surface area contributed by atoms with Gasteiger partial charge < -0.3 is 19.9 Å². The number of esters is 2. The SMILES string of the molecule is CCC(C)(C)CC(=O)Oc1cc(C(O)CNC(C)C)ccc1OC(=O)CC(C)C.Cl. The Morgan fingerprint density at radius 2 is 1.67 bits per heavy atom. The molecule has 1 aromatic carbocycles. The Balaban J connectivity index is 0.00000841. The molecule has 172 valence electrons. The van der Waals surface area contributed by atoms with E-state index in [1.165, 1.54) is 0 Å². The normalized spacial score (nSPS) is 12.5. The van der Waals surface area contributed by atoms with Crippen molar-refractivity contribution in [3.05, 3.63) is 23.8 Å². The van der Waals surface area contributed by atoms with Crippen molar-refractivity contribution in [2.75, 3.05) is 6.54 Å². The highest BCUT2D eigenvalue weighted by Crippen LogP contribution is 2.33. The quantitative estimate of drug-likeness (QED) is 0.376. The number of ether oxygens (including phenoxy) is 2. The Bertz CT molecular complexity index is 688. The fraction of sp³-hybridized carbons (Fsp3) is 0.652. The summed E-state index contributed by atoms with van der Waals surface area (Å²) in [5.74, 6) is -0.292. The number of aliphatic hydroxyl groups excluding tert-OH is 1. The van der Waals surface area contributed by atoms with Gasteiger partial charge in [-0.05, 0) is 29.0 Å². The summed E-state index contributed by atoms with van der Waals surface area (Å²) in [5.41, 5.74) is 0.392. The van der Waals surface area contributed by atoms with Gasteiger partial charge in [0.2, 0.25) is 0 Å². The molecule has 0 spiro atoms. The third-order valence-corrected chi connectivity index (χ3v) is 4.67. The Morgan fingerprint density at radius 3 is 2.20 bits per heavy atom. The predicted octanol–water partition coefficient (Wildman–Crippen LogP) is 4.82. The highest BCUT2D eigenvalue weighted by Gasteiger charge is 2.23. The van der Waals surface area contributed by atoms with Gasteiger partial charge in [-0.2, -0.15) is 0 Å². The van der Waals surface area contributed by atoms with E-state index in [2.05, 4.69) is 5.32 Å². The molecule has 0 fully saturated rings. The molecule has 0 radical (unpaired) electrons. The first-order valence-electron chi connectivity index (χ1n) is 10.4. The molecule has 7 heteroatoms. The van der Waals surface area contributed by atoms with Crippen molar-refractivity contribution in [3.8, 4) is 11.5 Å².